The molecule has 0 atom stereocenters. The Morgan fingerprint density at radius 3 is 2.74 bits per heavy atom. The van der Waals surface area contributed by atoms with Gasteiger partial charge in [-0.3, -0.25) is 4.79 Å². The minimum Gasteiger partial charge on any atom is -0.320 e. The lowest BCUT2D eigenvalue weighted by molar-refractivity contribution is -0.110. The first-order valence-corrected chi connectivity index (χ1v) is 6.29. The van der Waals surface area contributed by atoms with Crippen LogP contribution in [0.2, 0.25) is 5.02 Å². The van der Waals surface area contributed by atoms with E-state index in [-0.39, 0.29) is 5.91 Å². The SMILES string of the molecule is Cc1c(Cl)cccc1N=C1C(=O)Nc2ccccc21. The van der Waals surface area contributed by atoms with Gasteiger partial charge in [-0.25, -0.2) is 4.99 Å². The van der Waals surface area contributed by atoms with Crippen molar-refractivity contribution in [1.29, 1.82) is 0 Å². The zero-order chi connectivity index (χ0) is 13.4. The topological polar surface area (TPSA) is 41.5 Å². The van der Waals surface area contributed by atoms with Gasteiger partial charge < -0.3 is 5.32 Å². The first kappa shape index (κ1) is 11.9. The lowest BCUT2D eigenvalue weighted by atomic mass is 10.1. The summed E-state index contributed by atoms with van der Waals surface area (Å²) < 4.78 is 0. The summed E-state index contributed by atoms with van der Waals surface area (Å²) in [6.07, 6.45) is 0. The number of anilines is 1. The Morgan fingerprint density at radius 1 is 1.11 bits per heavy atom. The van der Waals surface area contributed by atoms with Crippen molar-refractivity contribution in [2.45, 2.75) is 6.92 Å². The number of nitrogens with zero attached hydrogens (tertiary/aromatic N) is 1. The number of hydrogen-bond donors (Lipinski definition) is 1. The van der Waals surface area contributed by atoms with E-state index in [0.29, 0.717) is 16.4 Å². The van der Waals surface area contributed by atoms with Gasteiger partial charge in [-0.2, -0.15) is 0 Å². The van der Waals surface area contributed by atoms with E-state index in [1.807, 2.05) is 49.4 Å². The average molecular weight is 271 g/mol. The van der Waals surface area contributed by atoms with Crippen LogP contribution in [0.4, 0.5) is 11.4 Å². The van der Waals surface area contributed by atoms with Crippen LogP contribution in [0.15, 0.2) is 47.5 Å². The predicted octanol–water partition coefficient (Wildman–Crippen LogP) is 3.72. The maximum atomic E-state index is 12.0. The maximum absolute atomic E-state index is 12.0. The largest absolute Gasteiger partial charge is 0.320 e. The van der Waals surface area contributed by atoms with Gasteiger partial charge in [0.15, 0.2) is 0 Å². The Labute approximate surface area is 115 Å². The number of para-hydroxylation sites is 1. The Hall–Kier alpha value is -2.13. The van der Waals surface area contributed by atoms with Crippen molar-refractivity contribution in [2.75, 3.05) is 5.32 Å². The van der Waals surface area contributed by atoms with Crippen LogP contribution in [0.25, 0.3) is 0 Å². The summed E-state index contributed by atoms with van der Waals surface area (Å²) in [5.41, 5.74) is 3.64. The van der Waals surface area contributed by atoms with Gasteiger partial charge in [0.25, 0.3) is 5.91 Å². The van der Waals surface area contributed by atoms with E-state index in [2.05, 4.69) is 10.3 Å². The quantitative estimate of drug-likeness (QED) is 0.843. The Morgan fingerprint density at radius 2 is 1.89 bits per heavy atom. The van der Waals surface area contributed by atoms with Crippen LogP contribution in [0.3, 0.4) is 0 Å². The molecule has 3 rings (SSSR count). The highest BCUT2D eigenvalue weighted by molar-refractivity contribution is 6.54. The van der Waals surface area contributed by atoms with Crippen LogP contribution >= 0.6 is 11.6 Å². The van der Waals surface area contributed by atoms with Crippen LogP contribution in [0, 0.1) is 6.92 Å². The van der Waals surface area contributed by atoms with Gasteiger partial charge in [-0.05, 0) is 30.7 Å². The van der Waals surface area contributed by atoms with Crippen molar-refractivity contribution in [3.05, 3.63) is 58.6 Å². The number of amides is 1. The number of fused-ring (bicyclic) bond motifs is 1. The Balaban J connectivity index is 2.14. The molecule has 0 fully saturated rings. The second kappa shape index (κ2) is 4.52. The number of halogens is 1. The van der Waals surface area contributed by atoms with E-state index in [0.717, 1.165) is 16.8 Å². The summed E-state index contributed by atoms with van der Waals surface area (Å²) in [6.45, 7) is 1.89. The van der Waals surface area contributed by atoms with Gasteiger partial charge in [0.2, 0.25) is 0 Å². The number of carbonyl (C=O) groups excluding carboxylic acids is 1. The van der Waals surface area contributed by atoms with Gasteiger partial charge >= 0.3 is 0 Å². The molecular formula is C15H11ClN2O. The summed E-state index contributed by atoms with van der Waals surface area (Å²) >= 11 is 6.07. The molecule has 19 heavy (non-hydrogen) atoms. The minimum atomic E-state index is -0.180. The summed E-state index contributed by atoms with van der Waals surface area (Å²) in [4.78, 5) is 16.4. The van der Waals surface area contributed by atoms with Crippen LogP contribution in [-0.4, -0.2) is 11.6 Å². The summed E-state index contributed by atoms with van der Waals surface area (Å²) in [6, 6.07) is 13.0. The molecular weight excluding hydrogens is 260 g/mol. The number of nitrogens with one attached hydrogen (secondary N) is 1. The zero-order valence-corrected chi connectivity index (χ0v) is 11.0. The number of carbonyl (C=O) groups is 1. The maximum Gasteiger partial charge on any atom is 0.275 e. The second-order valence-corrected chi connectivity index (χ2v) is 4.75. The summed E-state index contributed by atoms with van der Waals surface area (Å²) in [5.74, 6) is -0.180. The third-order valence-electron chi connectivity index (χ3n) is 3.12. The molecule has 0 saturated carbocycles. The molecule has 0 radical (unpaired) electrons. The smallest absolute Gasteiger partial charge is 0.275 e. The van der Waals surface area contributed by atoms with Gasteiger partial charge in [0, 0.05) is 10.6 Å². The first-order valence-electron chi connectivity index (χ1n) is 5.91. The molecule has 0 aromatic heterocycles. The molecule has 0 spiro atoms. The number of rotatable bonds is 1. The molecule has 2 aromatic carbocycles. The van der Waals surface area contributed by atoms with E-state index >= 15 is 0 Å². The second-order valence-electron chi connectivity index (χ2n) is 4.34. The molecule has 1 heterocycles. The van der Waals surface area contributed by atoms with Crippen molar-refractivity contribution < 1.29 is 4.79 Å². The van der Waals surface area contributed by atoms with Gasteiger partial charge in [-0.1, -0.05) is 35.9 Å². The van der Waals surface area contributed by atoms with E-state index in [9.17, 15) is 4.79 Å². The lowest BCUT2D eigenvalue weighted by Gasteiger charge is -2.03. The van der Waals surface area contributed by atoms with Gasteiger partial charge in [0.1, 0.15) is 5.71 Å². The van der Waals surface area contributed by atoms with Crippen molar-refractivity contribution in [3.63, 3.8) is 0 Å². The monoisotopic (exact) mass is 270 g/mol. The van der Waals surface area contributed by atoms with E-state index in [1.54, 1.807) is 0 Å². The molecule has 1 aliphatic rings. The molecule has 2 aromatic rings. The minimum absolute atomic E-state index is 0.180. The Kier molecular flexibility index (Phi) is 2.84. The highest BCUT2D eigenvalue weighted by Crippen LogP contribution is 2.29. The zero-order valence-electron chi connectivity index (χ0n) is 10.3. The highest BCUT2D eigenvalue weighted by Gasteiger charge is 2.25. The van der Waals surface area contributed by atoms with Crippen LogP contribution in [0.1, 0.15) is 11.1 Å². The molecule has 0 bridgehead atoms. The van der Waals surface area contributed by atoms with E-state index < -0.39 is 0 Å². The molecule has 0 unspecified atom stereocenters. The van der Waals surface area contributed by atoms with Crippen molar-refractivity contribution in [3.8, 4) is 0 Å². The average Bonchev–Trinajstić information content (AvgIpc) is 2.72. The fourth-order valence-electron chi connectivity index (χ4n) is 2.05. The molecule has 1 amide bonds. The first-order chi connectivity index (χ1) is 9.16. The molecule has 1 aliphatic heterocycles. The van der Waals surface area contributed by atoms with Crippen LogP contribution < -0.4 is 5.32 Å². The third-order valence-corrected chi connectivity index (χ3v) is 3.53. The van der Waals surface area contributed by atoms with E-state index in [4.69, 9.17) is 11.6 Å². The van der Waals surface area contributed by atoms with Crippen LogP contribution in [0.5, 0.6) is 0 Å². The molecule has 0 aliphatic carbocycles. The highest BCUT2D eigenvalue weighted by atomic mass is 35.5. The third kappa shape index (κ3) is 2.02. The lowest BCUT2D eigenvalue weighted by Crippen LogP contribution is -2.14. The molecule has 4 heteroatoms. The Bertz CT molecular complexity index is 707. The summed E-state index contributed by atoms with van der Waals surface area (Å²) in [7, 11) is 0. The van der Waals surface area contributed by atoms with Crippen LogP contribution in [-0.2, 0) is 4.79 Å². The number of aliphatic imine (C=N–C) groups is 1. The normalized spacial score (nSPS) is 15.5. The van der Waals surface area contributed by atoms with Crippen molar-refractivity contribution in [1.82, 2.24) is 0 Å². The van der Waals surface area contributed by atoms with Gasteiger partial charge in [-0.15, -0.1) is 0 Å². The standard InChI is InChI=1S/C15H11ClN2O/c1-9-11(16)6-4-8-12(9)17-14-10-5-2-3-7-13(10)18-15(14)19/h2-8H,1H3,(H,17,18,19). The number of benzene rings is 2. The fourth-order valence-corrected chi connectivity index (χ4v) is 2.22. The van der Waals surface area contributed by atoms with E-state index in [1.165, 1.54) is 0 Å². The molecule has 1 N–H and O–H groups in total. The summed E-state index contributed by atoms with van der Waals surface area (Å²) in [5, 5.41) is 3.45. The predicted molar refractivity (Wildman–Crippen MR) is 77.5 cm³/mol. The molecule has 0 saturated heterocycles. The molecule has 3 nitrogen and oxygen atoms in total. The molecule has 94 valence electrons. The fraction of sp³-hybridized carbons (Fsp3) is 0.0667. The van der Waals surface area contributed by atoms with Crippen molar-refractivity contribution in [2.24, 2.45) is 4.99 Å². The van der Waals surface area contributed by atoms with Gasteiger partial charge in [0.05, 0.1) is 11.4 Å². The van der Waals surface area contributed by atoms with Crippen molar-refractivity contribution >= 4 is 34.6 Å². The number of hydrogen-bond acceptors (Lipinski definition) is 2.